The summed E-state index contributed by atoms with van der Waals surface area (Å²) in [5.74, 6) is 0.347. The van der Waals surface area contributed by atoms with Gasteiger partial charge in [-0.25, -0.2) is 0 Å². The van der Waals surface area contributed by atoms with E-state index < -0.39 is 0 Å². The van der Waals surface area contributed by atoms with E-state index in [-0.39, 0.29) is 0 Å². The van der Waals surface area contributed by atoms with Crippen LogP contribution in [0.25, 0.3) is 82.3 Å². The zero-order valence-corrected chi connectivity index (χ0v) is 33.9. The second kappa shape index (κ2) is 13.3. The third kappa shape index (κ3) is 5.20. The van der Waals surface area contributed by atoms with Crippen LogP contribution in [0.15, 0.2) is 185 Å². The van der Waals surface area contributed by atoms with Crippen molar-refractivity contribution >= 4 is 93.6 Å². The number of thiophene rings is 1. The number of hydrogen-bond acceptors (Lipinski definition) is 3. The van der Waals surface area contributed by atoms with Crippen LogP contribution >= 0.6 is 11.3 Å². The zero-order chi connectivity index (χ0) is 39.3. The Labute approximate surface area is 352 Å². The van der Waals surface area contributed by atoms with Crippen LogP contribution in [0.2, 0.25) is 0 Å². The highest BCUT2D eigenvalue weighted by molar-refractivity contribution is 7.21. The van der Waals surface area contributed by atoms with Gasteiger partial charge in [0.2, 0.25) is 0 Å². The summed E-state index contributed by atoms with van der Waals surface area (Å²) in [6.45, 7) is 0. The first-order valence-electron chi connectivity index (χ1n) is 21.3. The molecule has 0 radical (unpaired) electrons. The van der Waals surface area contributed by atoms with Crippen LogP contribution in [0.5, 0.6) is 0 Å². The fourth-order valence-electron chi connectivity index (χ4n) is 10.5. The minimum atomic E-state index is 0.347. The molecule has 1 unspecified atom stereocenters. The minimum absolute atomic E-state index is 0.347. The Morgan fingerprint density at radius 3 is 2.18 bits per heavy atom. The number of aromatic nitrogens is 1. The van der Waals surface area contributed by atoms with Crippen LogP contribution in [0.1, 0.15) is 41.0 Å². The van der Waals surface area contributed by atoms with Crippen molar-refractivity contribution in [2.24, 2.45) is 5.92 Å². The normalized spacial score (nSPS) is 16.4. The molecule has 60 heavy (non-hydrogen) atoms. The molecule has 286 valence electrons. The van der Waals surface area contributed by atoms with Crippen LogP contribution in [0, 0.1) is 5.92 Å². The predicted octanol–water partition coefficient (Wildman–Crippen LogP) is 15.3. The molecule has 3 aliphatic rings. The molecule has 0 amide bonds. The summed E-state index contributed by atoms with van der Waals surface area (Å²) in [5.41, 5.74) is 13.9. The smallest absolute Gasteiger partial charge is 0.143 e. The number of furan rings is 1. The summed E-state index contributed by atoms with van der Waals surface area (Å²) in [7, 11) is 0. The fourth-order valence-corrected chi connectivity index (χ4v) is 11.8. The predicted molar refractivity (Wildman–Crippen MR) is 254 cm³/mol. The van der Waals surface area contributed by atoms with Gasteiger partial charge in [-0.05, 0) is 119 Å². The Balaban J connectivity index is 0.914. The summed E-state index contributed by atoms with van der Waals surface area (Å²) in [6.07, 6.45) is 17.4. The van der Waals surface area contributed by atoms with E-state index in [1.165, 1.54) is 81.5 Å². The molecule has 3 aromatic heterocycles. The van der Waals surface area contributed by atoms with Crippen molar-refractivity contribution < 1.29 is 4.42 Å². The first kappa shape index (κ1) is 34.0. The Bertz CT molecular complexity index is 3530. The average Bonchev–Trinajstić information content (AvgIpc) is 3.99. The van der Waals surface area contributed by atoms with Gasteiger partial charge in [0.1, 0.15) is 11.2 Å². The highest BCUT2D eigenvalue weighted by Gasteiger charge is 2.28. The standard InChI is InChI=1S/C56H40N2OS/c1-2-12-39(13-3-1)58-51-17-9-8-16-45(51)46-27-22-38(32-52(46)58)35-18-23-40(24-19-35)57(41-25-30-47-49-28-20-36-10-4-6-14-43(36)55(49)59-53(47)33-41)42-26-31-48-50-29-21-37-11-5-7-15-44(37)56(50)60-54(48)34-42/h1-18,20-21,23-25,28-30,32-35H,19,22,26-27,31H2. The Kier molecular flexibility index (Phi) is 7.55. The van der Waals surface area contributed by atoms with Gasteiger partial charge in [-0.15, -0.1) is 11.3 Å². The first-order chi connectivity index (χ1) is 29.7. The third-order valence-electron chi connectivity index (χ3n) is 13.4. The lowest BCUT2D eigenvalue weighted by molar-refractivity contribution is 0.672. The molecular formula is C56H40N2OS. The molecule has 0 aliphatic heterocycles. The molecule has 3 aliphatic carbocycles. The van der Waals surface area contributed by atoms with Gasteiger partial charge in [-0.1, -0.05) is 121 Å². The topological polar surface area (TPSA) is 21.3 Å². The number of para-hydroxylation sites is 2. The molecule has 0 saturated heterocycles. The third-order valence-corrected chi connectivity index (χ3v) is 14.6. The number of benzene rings is 7. The number of fused-ring (bicyclic) bond motifs is 13. The first-order valence-corrected chi connectivity index (χ1v) is 22.1. The van der Waals surface area contributed by atoms with Gasteiger partial charge in [0.25, 0.3) is 0 Å². The summed E-state index contributed by atoms with van der Waals surface area (Å²) in [6, 6.07) is 53.0. The van der Waals surface area contributed by atoms with E-state index in [0.717, 1.165) is 65.1 Å². The van der Waals surface area contributed by atoms with Crippen LogP contribution in [-0.4, -0.2) is 4.57 Å². The summed E-state index contributed by atoms with van der Waals surface area (Å²) >= 11 is 1.94. The van der Waals surface area contributed by atoms with E-state index >= 15 is 0 Å². The number of nitrogens with zero attached hydrogens (tertiary/aromatic N) is 2. The van der Waals surface area contributed by atoms with Crippen LogP contribution in [0.4, 0.5) is 5.69 Å². The molecule has 4 heteroatoms. The molecular weight excluding hydrogens is 749 g/mol. The molecule has 3 nitrogen and oxygen atoms in total. The lowest BCUT2D eigenvalue weighted by atomic mass is 9.83. The molecule has 0 spiro atoms. The maximum atomic E-state index is 6.77. The molecule has 1 atom stereocenters. The van der Waals surface area contributed by atoms with Gasteiger partial charge in [-0.3, -0.25) is 0 Å². The highest BCUT2D eigenvalue weighted by atomic mass is 32.1. The second-order valence-electron chi connectivity index (χ2n) is 16.6. The van der Waals surface area contributed by atoms with E-state index in [0.29, 0.717) is 5.92 Å². The van der Waals surface area contributed by atoms with Crippen molar-refractivity contribution in [3.8, 4) is 5.69 Å². The molecule has 7 aromatic carbocycles. The lowest BCUT2D eigenvalue weighted by Crippen LogP contribution is -2.24. The van der Waals surface area contributed by atoms with Gasteiger partial charge in [-0.2, -0.15) is 0 Å². The lowest BCUT2D eigenvalue weighted by Gasteiger charge is -2.33. The molecule has 3 heterocycles. The van der Waals surface area contributed by atoms with E-state index in [1.54, 1.807) is 0 Å². The maximum Gasteiger partial charge on any atom is 0.143 e. The summed E-state index contributed by atoms with van der Waals surface area (Å²) < 4.78 is 10.6. The zero-order valence-electron chi connectivity index (χ0n) is 33.1. The Morgan fingerprint density at radius 1 is 0.600 bits per heavy atom. The molecule has 0 saturated carbocycles. The van der Waals surface area contributed by atoms with Crippen molar-refractivity contribution in [3.63, 3.8) is 0 Å². The molecule has 0 fully saturated rings. The number of rotatable bonds is 5. The van der Waals surface area contributed by atoms with Gasteiger partial charge in [0, 0.05) is 65.9 Å². The Hall–Kier alpha value is -6.88. The number of allylic oxidation sites excluding steroid dienone is 5. The van der Waals surface area contributed by atoms with E-state index in [4.69, 9.17) is 4.42 Å². The van der Waals surface area contributed by atoms with Gasteiger partial charge in [0.05, 0.1) is 11.2 Å². The quantitative estimate of drug-likeness (QED) is 0.173. The number of aryl methyl sites for hydroxylation is 2. The maximum absolute atomic E-state index is 6.77. The minimum Gasteiger partial charge on any atom is -0.455 e. The van der Waals surface area contributed by atoms with Gasteiger partial charge < -0.3 is 13.9 Å². The fraction of sp³-hybridized carbons (Fsp3) is 0.107. The van der Waals surface area contributed by atoms with Crippen molar-refractivity contribution in [3.05, 3.63) is 202 Å². The van der Waals surface area contributed by atoms with Crippen LogP contribution < -0.4 is 4.90 Å². The average molecular weight is 789 g/mol. The SMILES string of the molecule is C1=CC(C2=Cc3c(c4ccccc4n3-c3ccccc3)CC2)CC=C1N(C1=Cc2sc3c(ccc4ccccc43)c2CC1)c1ccc2c(c1)oc1c3ccccc3ccc21. The van der Waals surface area contributed by atoms with Crippen molar-refractivity contribution in [2.45, 2.75) is 32.1 Å². The van der Waals surface area contributed by atoms with E-state index in [9.17, 15) is 0 Å². The molecule has 0 N–H and O–H groups in total. The van der Waals surface area contributed by atoms with E-state index in [1.807, 2.05) is 11.3 Å². The monoisotopic (exact) mass is 788 g/mol. The molecule has 13 rings (SSSR count). The number of hydrogen-bond donors (Lipinski definition) is 0. The number of anilines is 1. The van der Waals surface area contributed by atoms with Crippen molar-refractivity contribution in [2.75, 3.05) is 4.90 Å². The summed E-state index contributed by atoms with van der Waals surface area (Å²) in [4.78, 5) is 3.89. The largest absolute Gasteiger partial charge is 0.455 e. The van der Waals surface area contributed by atoms with Crippen LogP contribution in [-0.2, 0) is 12.8 Å². The molecule has 10 aromatic rings. The van der Waals surface area contributed by atoms with Gasteiger partial charge >= 0.3 is 0 Å². The van der Waals surface area contributed by atoms with Crippen molar-refractivity contribution in [1.29, 1.82) is 0 Å². The van der Waals surface area contributed by atoms with Gasteiger partial charge in [0.15, 0.2) is 0 Å². The highest BCUT2D eigenvalue weighted by Crippen LogP contribution is 2.45. The second-order valence-corrected chi connectivity index (χ2v) is 17.7. The summed E-state index contributed by atoms with van der Waals surface area (Å²) in [5, 5.41) is 10.1. The van der Waals surface area contributed by atoms with Crippen molar-refractivity contribution in [1.82, 2.24) is 4.57 Å². The van der Waals surface area contributed by atoms with E-state index in [2.05, 4.69) is 185 Å². The van der Waals surface area contributed by atoms with Crippen LogP contribution in [0.3, 0.4) is 0 Å². The molecule has 0 bridgehead atoms. The Morgan fingerprint density at radius 2 is 1.33 bits per heavy atom.